The van der Waals surface area contributed by atoms with Crippen molar-refractivity contribution in [3.63, 3.8) is 0 Å². The quantitative estimate of drug-likeness (QED) is 0.253. The number of amides is 1. The molecule has 0 unspecified atom stereocenters. The first-order chi connectivity index (χ1) is 16.4. The molecule has 0 heterocycles. The van der Waals surface area contributed by atoms with Gasteiger partial charge in [0.15, 0.2) is 11.5 Å². The van der Waals surface area contributed by atoms with Crippen LogP contribution in [0.1, 0.15) is 32.6 Å². The molecule has 0 aromatic heterocycles. The smallest absolute Gasteiger partial charge is 0.274 e. The van der Waals surface area contributed by atoms with Crippen LogP contribution < -0.4 is 14.9 Å². The van der Waals surface area contributed by atoms with Crippen molar-refractivity contribution in [1.29, 1.82) is 5.26 Å². The summed E-state index contributed by atoms with van der Waals surface area (Å²) in [4.78, 5) is 12.2. The van der Waals surface area contributed by atoms with E-state index >= 15 is 0 Å². The zero-order valence-electron chi connectivity index (χ0n) is 18.3. The Morgan fingerprint density at radius 1 is 1.24 bits per heavy atom. The van der Waals surface area contributed by atoms with Gasteiger partial charge in [0.2, 0.25) is 0 Å². The highest BCUT2D eigenvalue weighted by Gasteiger charge is 2.14. The van der Waals surface area contributed by atoms with E-state index in [4.69, 9.17) is 26.3 Å². The molecule has 0 aliphatic rings. The topological polar surface area (TPSA) is 83.7 Å². The maximum absolute atomic E-state index is 14.0. The van der Waals surface area contributed by atoms with Crippen LogP contribution in [0.15, 0.2) is 72.4 Å². The van der Waals surface area contributed by atoms with E-state index in [9.17, 15) is 9.18 Å². The normalized spacial score (nSPS) is 10.5. The third-order valence-electron chi connectivity index (χ3n) is 4.76. The van der Waals surface area contributed by atoms with Crippen LogP contribution in [0.2, 0.25) is 5.02 Å². The summed E-state index contributed by atoms with van der Waals surface area (Å²) in [6.45, 7) is 4.11. The number of carbonyl (C=O) groups is 1. The summed E-state index contributed by atoms with van der Waals surface area (Å²) >= 11 is 5.94. The van der Waals surface area contributed by atoms with Gasteiger partial charge in [-0.1, -0.05) is 29.8 Å². The Labute approximate surface area is 201 Å². The molecule has 3 aromatic carbocycles. The first kappa shape index (κ1) is 24.5. The van der Waals surface area contributed by atoms with Crippen LogP contribution >= 0.6 is 11.6 Å². The van der Waals surface area contributed by atoms with E-state index in [-0.39, 0.29) is 11.1 Å². The van der Waals surface area contributed by atoms with Crippen molar-refractivity contribution in [3.05, 3.63) is 106 Å². The summed E-state index contributed by atoms with van der Waals surface area (Å²) in [6.07, 6.45) is 3.66. The van der Waals surface area contributed by atoms with Gasteiger partial charge in [-0.05, 0) is 60.0 Å². The molecule has 6 nitrogen and oxygen atoms in total. The Bertz CT molecular complexity index is 1270. The van der Waals surface area contributed by atoms with Crippen LogP contribution in [0, 0.1) is 17.1 Å². The summed E-state index contributed by atoms with van der Waals surface area (Å²) < 4.78 is 25.6. The molecular weight excluding hydrogens is 457 g/mol. The lowest BCUT2D eigenvalue weighted by Crippen LogP contribution is -2.19. The largest absolute Gasteiger partial charge is 0.493 e. The fourth-order valence-corrected chi connectivity index (χ4v) is 3.24. The fourth-order valence-electron chi connectivity index (χ4n) is 3.11. The lowest BCUT2D eigenvalue weighted by Gasteiger charge is -2.16. The highest BCUT2D eigenvalue weighted by Crippen LogP contribution is 2.34. The number of hydrogen-bond donors (Lipinski definition) is 1. The number of nitriles is 1. The Kier molecular flexibility index (Phi) is 8.38. The molecule has 0 fully saturated rings. The number of halogens is 2. The van der Waals surface area contributed by atoms with Gasteiger partial charge in [0, 0.05) is 10.6 Å². The van der Waals surface area contributed by atoms with Gasteiger partial charge in [-0.3, -0.25) is 4.79 Å². The average Bonchev–Trinajstić information content (AvgIpc) is 2.84. The molecule has 0 bridgehead atoms. The molecule has 3 aromatic rings. The number of nitrogens with one attached hydrogen (secondary N) is 1. The molecule has 0 atom stereocenters. The summed E-state index contributed by atoms with van der Waals surface area (Å²) in [7, 11) is 1.53. The Hall–Kier alpha value is -4.15. The first-order valence-electron chi connectivity index (χ1n) is 10.2. The van der Waals surface area contributed by atoms with Gasteiger partial charge in [0.25, 0.3) is 5.91 Å². The molecular formula is C26H21ClFN3O3. The minimum atomic E-state index is -0.802. The van der Waals surface area contributed by atoms with E-state index in [2.05, 4.69) is 17.1 Å². The average molecular weight is 478 g/mol. The monoisotopic (exact) mass is 477 g/mol. The van der Waals surface area contributed by atoms with Crippen LogP contribution in [0.5, 0.6) is 11.5 Å². The van der Waals surface area contributed by atoms with Crippen LogP contribution in [0.4, 0.5) is 4.39 Å². The lowest BCUT2D eigenvalue weighted by atomic mass is 10.1. The minimum absolute atomic E-state index is 0.123. The number of ether oxygens (including phenoxy) is 2. The molecule has 1 N–H and O–H groups in total. The Morgan fingerprint density at radius 2 is 2.00 bits per heavy atom. The molecule has 0 saturated carbocycles. The lowest BCUT2D eigenvalue weighted by molar-refractivity contribution is 0.0951. The molecule has 34 heavy (non-hydrogen) atoms. The Balaban J connectivity index is 1.77. The molecule has 8 heteroatoms. The zero-order valence-corrected chi connectivity index (χ0v) is 19.1. The zero-order chi connectivity index (χ0) is 24.5. The number of benzene rings is 3. The van der Waals surface area contributed by atoms with Crippen molar-refractivity contribution < 1.29 is 18.7 Å². The van der Waals surface area contributed by atoms with Crippen LogP contribution in [0.25, 0.3) is 0 Å². The van der Waals surface area contributed by atoms with E-state index < -0.39 is 11.7 Å². The van der Waals surface area contributed by atoms with E-state index in [0.717, 1.165) is 17.2 Å². The molecule has 172 valence electrons. The predicted molar refractivity (Wildman–Crippen MR) is 129 cm³/mol. The van der Waals surface area contributed by atoms with Crippen LogP contribution in [-0.2, 0) is 13.0 Å². The second kappa shape index (κ2) is 11.6. The van der Waals surface area contributed by atoms with Gasteiger partial charge in [0.1, 0.15) is 12.4 Å². The second-order valence-electron chi connectivity index (χ2n) is 7.12. The van der Waals surface area contributed by atoms with Gasteiger partial charge in [-0.25, -0.2) is 9.82 Å². The van der Waals surface area contributed by atoms with Gasteiger partial charge >= 0.3 is 0 Å². The van der Waals surface area contributed by atoms with E-state index in [1.54, 1.807) is 24.3 Å². The SMILES string of the molecule is C=CCc1cc(/C=N\NC(=O)c2ccc(C#N)cc2F)cc(OC)c1OCc1ccc(Cl)cc1. The van der Waals surface area contributed by atoms with Crippen LogP contribution in [0.3, 0.4) is 0 Å². The van der Waals surface area contributed by atoms with E-state index in [1.165, 1.54) is 25.5 Å². The third-order valence-corrected chi connectivity index (χ3v) is 5.01. The van der Waals surface area contributed by atoms with Gasteiger partial charge < -0.3 is 9.47 Å². The Morgan fingerprint density at radius 3 is 2.65 bits per heavy atom. The van der Waals surface area contributed by atoms with Crippen molar-refractivity contribution in [2.24, 2.45) is 5.10 Å². The molecule has 0 spiro atoms. The van der Waals surface area contributed by atoms with Gasteiger partial charge in [-0.2, -0.15) is 10.4 Å². The number of methoxy groups -OCH3 is 1. The van der Waals surface area contributed by atoms with Crippen molar-refractivity contribution >= 4 is 23.7 Å². The molecule has 0 aliphatic heterocycles. The molecule has 3 rings (SSSR count). The predicted octanol–water partition coefficient (Wildman–Crippen LogP) is 5.43. The summed E-state index contributed by atoms with van der Waals surface area (Å²) in [5, 5.41) is 13.4. The highest BCUT2D eigenvalue weighted by molar-refractivity contribution is 6.30. The number of nitrogens with zero attached hydrogens (tertiary/aromatic N) is 2. The number of hydrazone groups is 1. The minimum Gasteiger partial charge on any atom is -0.493 e. The highest BCUT2D eigenvalue weighted by atomic mass is 35.5. The third kappa shape index (κ3) is 6.21. The summed E-state index contributed by atoms with van der Waals surface area (Å²) in [5.74, 6) is -0.485. The number of carbonyl (C=O) groups excluding carboxylic acids is 1. The van der Waals surface area contributed by atoms with Crippen molar-refractivity contribution in [3.8, 4) is 17.6 Å². The number of hydrogen-bond acceptors (Lipinski definition) is 5. The molecule has 0 saturated heterocycles. The summed E-state index contributed by atoms with van der Waals surface area (Å²) in [6, 6.07) is 16.3. The second-order valence-corrected chi connectivity index (χ2v) is 7.56. The maximum atomic E-state index is 14.0. The molecule has 0 aliphatic carbocycles. The molecule has 0 radical (unpaired) electrons. The van der Waals surface area contributed by atoms with Crippen molar-refractivity contribution in [1.82, 2.24) is 5.43 Å². The van der Waals surface area contributed by atoms with Gasteiger partial charge in [0.05, 0.1) is 30.5 Å². The number of allylic oxidation sites excluding steroid dienone is 1. The van der Waals surface area contributed by atoms with E-state index in [1.807, 2.05) is 24.3 Å². The van der Waals surface area contributed by atoms with Crippen molar-refractivity contribution in [2.45, 2.75) is 13.0 Å². The maximum Gasteiger partial charge on any atom is 0.274 e. The van der Waals surface area contributed by atoms with Crippen LogP contribution in [-0.4, -0.2) is 19.2 Å². The van der Waals surface area contributed by atoms with Crippen molar-refractivity contribution in [2.75, 3.05) is 7.11 Å². The first-order valence-corrected chi connectivity index (χ1v) is 10.5. The van der Waals surface area contributed by atoms with Gasteiger partial charge in [-0.15, -0.1) is 6.58 Å². The van der Waals surface area contributed by atoms with E-state index in [0.29, 0.717) is 35.1 Å². The number of rotatable bonds is 9. The standard InChI is InChI=1S/C26H21ClFN3O3/c1-3-4-20-11-19(15-30-31-26(32)22-10-7-18(14-29)12-23(22)28)13-24(33-2)25(20)34-16-17-5-8-21(27)9-6-17/h3,5-13,15H,1,4,16H2,2H3,(H,31,32)/b30-15-. The molecule has 1 amide bonds. The fraction of sp³-hybridized carbons (Fsp3) is 0.115. The summed E-state index contributed by atoms with van der Waals surface area (Å²) in [5.41, 5.74) is 4.58.